The Morgan fingerprint density at radius 3 is 2.41 bits per heavy atom. The molecule has 0 heterocycles. The van der Waals surface area contributed by atoms with Gasteiger partial charge in [0.05, 0.1) is 0 Å². The summed E-state index contributed by atoms with van der Waals surface area (Å²) in [6, 6.07) is 10.0. The molecule has 0 saturated carbocycles. The molecule has 2 atom stereocenters. The first-order chi connectivity index (χ1) is 12.7. The van der Waals surface area contributed by atoms with Gasteiger partial charge in [-0.2, -0.15) is 13.2 Å². The third kappa shape index (κ3) is 3.17. The van der Waals surface area contributed by atoms with E-state index in [0.717, 1.165) is 0 Å². The third-order valence-corrected chi connectivity index (χ3v) is 5.20. The monoisotopic (exact) mass is 378 g/mol. The summed E-state index contributed by atoms with van der Waals surface area (Å²) in [6.07, 6.45) is -3.14. The number of carbonyl (C=O) groups is 1. The van der Waals surface area contributed by atoms with Crippen LogP contribution in [0.4, 0.5) is 13.2 Å². The average Bonchev–Trinajstić information content (AvgIpc) is 2.91. The fraction of sp³-hybridized carbons (Fsp3) is 0.381. The van der Waals surface area contributed by atoms with Crippen molar-refractivity contribution in [1.29, 1.82) is 0 Å². The number of hydrogen-bond donors (Lipinski definition) is 2. The summed E-state index contributed by atoms with van der Waals surface area (Å²) in [6.45, 7) is 1.76. The van der Waals surface area contributed by atoms with Gasteiger partial charge in [-0.3, -0.25) is 4.79 Å². The Labute approximate surface area is 155 Å². The topological polar surface area (TPSA) is 57.5 Å². The van der Waals surface area contributed by atoms with Crippen LogP contribution in [-0.2, 0) is 5.60 Å². The molecule has 0 aromatic heterocycles. The Morgan fingerprint density at radius 2 is 1.74 bits per heavy atom. The Hall–Kier alpha value is -2.18. The highest BCUT2D eigenvalue weighted by molar-refractivity contribution is 5.99. The standard InChI is InChI=1S/C21H21F3O3/c1-13(6-4-5-11-25)19(26)14-9-10-16-15-7-2-3-8-17(15)20(27,18(16)12-14)21(22,23)24/h2-3,7-10,12-13,25,27H,4-6,11H2,1H3. The zero-order valence-corrected chi connectivity index (χ0v) is 14.9. The second-order valence-corrected chi connectivity index (χ2v) is 7.00. The molecular formula is C21H21F3O3. The highest BCUT2D eigenvalue weighted by atomic mass is 19.4. The number of halogens is 3. The Morgan fingerprint density at radius 1 is 1.07 bits per heavy atom. The van der Waals surface area contributed by atoms with E-state index in [1.807, 2.05) is 0 Å². The molecule has 2 aromatic rings. The van der Waals surface area contributed by atoms with Crippen molar-refractivity contribution in [3.63, 3.8) is 0 Å². The van der Waals surface area contributed by atoms with E-state index in [1.54, 1.807) is 13.0 Å². The summed E-state index contributed by atoms with van der Waals surface area (Å²) in [5, 5.41) is 19.5. The lowest BCUT2D eigenvalue weighted by molar-refractivity contribution is -0.246. The van der Waals surface area contributed by atoms with Crippen molar-refractivity contribution in [2.24, 2.45) is 5.92 Å². The molecule has 1 aliphatic rings. The molecule has 0 bridgehead atoms. The van der Waals surface area contributed by atoms with E-state index in [4.69, 9.17) is 5.11 Å². The Balaban J connectivity index is 2.03. The third-order valence-electron chi connectivity index (χ3n) is 5.20. The van der Waals surface area contributed by atoms with Crippen molar-refractivity contribution in [3.05, 3.63) is 59.2 Å². The lowest BCUT2D eigenvalue weighted by Crippen LogP contribution is -2.41. The van der Waals surface area contributed by atoms with Crippen molar-refractivity contribution >= 4 is 5.78 Å². The molecule has 0 aliphatic heterocycles. The van der Waals surface area contributed by atoms with Crippen LogP contribution in [0.3, 0.4) is 0 Å². The van der Waals surface area contributed by atoms with Crippen molar-refractivity contribution < 1.29 is 28.2 Å². The maximum absolute atomic E-state index is 13.8. The molecular weight excluding hydrogens is 357 g/mol. The number of unbranched alkanes of at least 4 members (excludes halogenated alkanes) is 1. The van der Waals surface area contributed by atoms with Crippen molar-refractivity contribution in [1.82, 2.24) is 0 Å². The van der Waals surface area contributed by atoms with Gasteiger partial charge in [0.1, 0.15) is 0 Å². The van der Waals surface area contributed by atoms with Crippen LogP contribution in [0.15, 0.2) is 42.5 Å². The second kappa shape index (κ2) is 7.09. The smallest absolute Gasteiger partial charge is 0.396 e. The van der Waals surface area contributed by atoms with E-state index in [2.05, 4.69) is 0 Å². The molecule has 0 saturated heterocycles. The molecule has 0 radical (unpaired) electrons. The highest BCUT2D eigenvalue weighted by Gasteiger charge is 2.60. The first-order valence-corrected chi connectivity index (χ1v) is 8.90. The molecule has 0 fully saturated rings. The van der Waals surface area contributed by atoms with Crippen LogP contribution in [0, 0.1) is 5.92 Å². The quantitative estimate of drug-likeness (QED) is 0.577. The van der Waals surface area contributed by atoms with E-state index in [9.17, 15) is 23.1 Å². The molecule has 3 nitrogen and oxygen atoms in total. The van der Waals surface area contributed by atoms with Gasteiger partial charge in [0.25, 0.3) is 0 Å². The molecule has 2 N–H and O–H groups in total. The first kappa shape index (κ1) is 19.6. The lowest BCUT2D eigenvalue weighted by atomic mass is 9.87. The van der Waals surface area contributed by atoms with Gasteiger partial charge in [0.2, 0.25) is 5.60 Å². The van der Waals surface area contributed by atoms with Crippen LogP contribution in [0.2, 0.25) is 0 Å². The van der Waals surface area contributed by atoms with Gasteiger partial charge in [-0.25, -0.2) is 0 Å². The van der Waals surface area contributed by atoms with Crippen molar-refractivity contribution in [2.45, 2.75) is 38.0 Å². The fourth-order valence-corrected chi connectivity index (χ4v) is 3.69. The zero-order valence-electron chi connectivity index (χ0n) is 14.9. The fourth-order valence-electron chi connectivity index (χ4n) is 3.69. The maximum atomic E-state index is 13.8. The van der Waals surface area contributed by atoms with E-state index in [0.29, 0.717) is 24.8 Å². The number of ketones is 1. The lowest BCUT2D eigenvalue weighted by Gasteiger charge is -2.28. The number of benzene rings is 2. The number of Topliss-reactive ketones (excluding diaryl/α,β-unsaturated/α-hetero) is 1. The Kier molecular flexibility index (Phi) is 5.14. The molecule has 144 valence electrons. The molecule has 3 rings (SSSR count). The predicted octanol–water partition coefficient (Wildman–Crippen LogP) is 4.45. The second-order valence-electron chi connectivity index (χ2n) is 7.00. The van der Waals surface area contributed by atoms with E-state index >= 15 is 0 Å². The van der Waals surface area contributed by atoms with Crippen LogP contribution in [0.1, 0.15) is 47.7 Å². The molecule has 0 spiro atoms. The minimum Gasteiger partial charge on any atom is -0.396 e. The Bertz CT molecular complexity index is 860. The van der Waals surface area contributed by atoms with E-state index < -0.39 is 11.8 Å². The number of rotatable bonds is 6. The van der Waals surface area contributed by atoms with Gasteiger partial charge >= 0.3 is 6.18 Å². The van der Waals surface area contributed by atoms with Gasteiger partial charge in [-0.15, -0.1) is 0 Å². The number of aliphatic hydroxyl groups is 2. The number of fused-ring (bicyclic) bond motifs is 3. The number of alkyl halides is 3. The van der Waals surface area contributed by atoms with Crippen molar-refractivity contribution in [3.8, 4) is 11.1 Å². The van der Waals surface area contributed by atoms with Crippen LogP contribution >= 0.6 is 0 Å². The number of hydrogen-bond acceptors (Lipinski definition) is 3. The van der Waals surface area contributed by atoms with Gasteiger partial charge in [0, 0.05) is 29.2 Å². The minimum atomic E-state index is -4.91. The SMILES string of the molecule is CC(CCCCO)C(=O)c1ccc2c(c1)C(O)(C(F)(F)F)c1ccccc1-2. The van der Waals surface area contributed by atoms with Crippen LogP contribution in [0.25, 0.3) is 11.1 Å². The summed E-state index contributed by atoms with van der Waals surface area (Å²) >= 11 is 0. The maximum Gasteiger partial charge on any atom is 0.425 e. The first-order valence-electron chi connectivity index (χ1n) is 8.90. The summed E-state index contributed by atoms with van der Waals surface area (Å²) in [4.78, 5) is 12.6. The van der Waals surface area contributed by atoms with Gasteiger partial charge in [0.15, 0.2) is 5.78 Å². The molecule has 1 aliphatic carbocycles. The van der Waals surface area contributed by atoms with E-state index in [-0.39, 0.29) is 40.6 Å². The van der Waals surface area contributed by atoms with E-state index in [1.165, 1.54) is 36.4 Å². The van der Waals surface area contributed by atoms with Gasteiger partial charge in [-0.05, 0) is 30.0 Å². The molecule has 0 amide bonds. The van der Waals surface area contributed by atoms with Crippen LogP contribution in [-0.4, -0.2) is 28.8 Å². The highest BCUT2D eigenvalue weighted by Crippen LogP contribution is 2.55. The van der Waals surface area contributed by atoms with Crippen molar-refractivity contribution in [2.75, 3.05) is 6.61 Å². The summed E-state index contributed by atoms with van der Waals surface area (Å²) in [5.41, 5.74) is -2.88. The summed E-state index contributed by atoms with van der Waals surface area (Å²) < 4.78 is 41.5. The summed E-state index contributed by atoms with van der Waals surface area (Å²) in [7, 11) is 0. The molecule has 27 heavy (non-hydrogen) atoms. The molecule has 6 heteroatoms. The summed E-state index contributed by atoms with van der Waals surface area (Å²) in [5.74, 6) is -0.645. The normalized spacial score (nSPS) is 19.5. The largest absolute Gasteiger partial charge is 0.425 e. The van der Waals surface area contributed by atoms with Crippen LogP contribution < -0.4 is 0 Å². The predicted molar refractivity (Wildman–Crippen MR) is 95.4 cm³/mol. The zero-order chi connectivity index (χ0) is 19.8. The minimum absolute atomic E-state index is 0.0383. The number of aliphatic hydroxyl groups excluding tert-OH is 1. The molecule has 2 unspecified atom stereocenters. The molecule has 2 aromatic carbocycles. The van der Waals surface area contributed by atoms with Crippen LogP contribution in [0.5, 0.6) is 0 Å². The van der Waals surface area contributed by atoms with Gasteiger partial charge in [-0.1, -0.05) is 49.7 Å². The number of carbonyl (C=O) groups excluding carboxylic acids is 1. The average molecular weight is 378 g/mol. The van der Waals surface area contributed by atoms with Gasteiger partial charge < -0.3 is 10.2 Å².